The van der Waals surface area contributed by atoms with Crippen molar-refractivity contribution in [1.29, 1.82) is 0 Å². The molecule has 4 aromatic rings. The number of carbonyl (C=O) groups is 2. The van der Waals surface area contributed by atoms with Gasteiger partial charge in [-0.3, -0.25) is 4.79 Å². The Morgan fingerprint density at radius 3 is 2.35 bits per heavy atom. The van der Waals surface area contributed by atoms with Crippen molar-refractivity contribution in [3.8, 4) is 17.3 Å². The maximum Gasteiger partial charge on any atom is 0.356 e. The number of morpholine rings is 1. The summed E-state index contributed by atoms with van der Waals surface area (Å²) in [5, 5.41) is 16.4. The standard InChI is InChI=1S/C29H26F2N4O7S/c1-17-15-19(3-9-23(17)31)27(36)32-21-6-10-24(25(16-21)43(39,40)34-11-13-41-14-12-34)42-28-18(2)26(29(37)38)33-35(28)22-7-4-20(30)5-8-22/h3-10,15-16H,11-14H2,1-2H3,(H,32,36)(H,37,38). The van der Waals surface area contributed by atoms with Crippen LogP contribution in [0.4, 0.5) is 14.5 Å². The summed E-state index contributed by atoms with van der Waals surface area (Å²) in [6.45, 7) is 3.45. The predicted molar refractivity (Wildman–Crippen MR) is 150 cm³/mol. The SMILES string of the molecule is Cc1cc(C(=O)Nc2ccc(Oc3c(C)c(C(=O)O)nn3-c3ccc(F)cc3)c(S(=O)(=O)N3CCOCC3)c2)ccc1F. The normalized spacial score (nSPS) is 14.0. The van der Waals surface area contributed by atoms with Gasteiger partial charge in [0.15, 0.2) is 5.69 Å². The van der Waals surface area contributed by atoms with Crippen LogP contribution >= 0.6 is 0 Å². The third-order valence-electron chi connectivity index (χ3n) is 6.76. The highest BCUT2D eigenvalue weighted by Crippen LogP contribution is 2.37. The number of aryl methyl sites for hydroxylation is 1. The van der Waals surface area contributed by atoms with E-state index in [1.54, 1.807) is 0 Å². The number of hydrogen-bond donors (Lipinski definition) is 2. The Kier molecular flexibility index (Phi) is 8.26. The molecule has 0 atom stereocenters. The van der Waals surface area contributed by atoms with Crippen molar-refractivity contribution in [2.45, 2.75) is 18.7 Å². The first-order valence-corrected chi connectivity index (χ1v) is 14.5. The molecule has 0 radical (unpaired) electrons. The summed E-state index contributed by atoms with van der Waals surface area (Å²) in [6, 6.07) is 12.8. The highest BCUT2D eigenvalue weighted by molar-refractivity contribution is 7.89. The number of amides is 1. The molecule has 1 amide bonds. The van der Waals surface area contributed by atoms with Crippen LogP contribution in [0.5, 0.6) is 11.6 Å². The zero-order valence-corrected chi connectivity index (χ0v) is 23.8. The Bertz CT molecular complexity index is 1820. The second-order valence-electron chi connectivity index (χ2n) is 9.67. The first-order chi connectivity index (χ1) is 20.5. The lowest BCUT2D eigenvalue weighted by Gasteiger charge is -2.27. The van der Waals surface area contributed by atoms with E-state index in [1.165, 1.54) is 60.6 Å². The van der Waals surface area contributed by atoms with Gasteiger partial charge in [0.25, 0.3) is 5.91 Å². The number of nitrogens with one attached hydrogen (secondary N) is 1. The van der Waals surface area contributed by atoms with Crippen LogP contribution in [0.3, 0.4) is 0 Å². The minimum Gasteiger partial charge on any atom is -0.476 e. The summed E-state index contributed by atoms with van der Waals surface area (Å²) in [5.74, 6) is -3.23. The van der Waals surface area contributed by atoms with E-state index in [2.05, 4.69) is 10.4 Å². The molecule has 1 aliphatic heterocycles. The molecule has 0 saturated carbocycles. The zero-order valence-electron chi connectivity index (χ0n) is 23.0. The lowest BCUT2D eigenvalue weighted by atomic mass is 10.1. The van der Waals surface area contributed by atoms with Gasteiger partial charge in [0.1, 0.15) is 22.3 Å². The molecule has 224 valence electrons. The minimum atomic E-state index is -4.22. The second-order valence-corrected chi connectivity index (χ2v) is 11.6. The molecule has 1 aliphatic rings. The van der Waals surface area contributed by atoms with Gasteiger partial charge in [-0.2, -0.15) is 14.1 Å². The van der Waals surface area contributed by atoms with Gasteiger partial charge >= 0.3 is 5.97 Å². The van der Waals surface area contributed by atoms with Crippen LogP contribution in [0.15, 0.2) is 65.6 Å². The number of nitrogens with zero attached hydrogens (tertiary/aromatic N) is 3. The molecule has 0 aliphatic carbocycles. The number of benzene rings is 3. The lowest BCUT2D eigenvalue weighted by molar-refractivity contribution is 0.0689. The van der Waals surface area contributed by atoms with Crippen molar-refractivity contribution in [2.24, 2.45) is 0 Å². The number of sulfonamides is 1. The molecular formula is C29H26F2N4O7S. The molecule has 0 unspecified atom stereocenters. The molecule has 2 N–H and O–H groups in total. The number of rotatable bonds is 8. The maximum absolute atomic E-state index is 13.9. The fourth-order valence-corrected chi connectivity index (χ4v) is 6.00. The fraction of sp³-hybridized carbons (Fsp3) is 0.207. The zero-order chi connectivity index (χ0) is 30.9. The minimum absolute atomic E-state index is 0.0723. The number of ether oxygens (including phenoxy) is 2. The molecule has 0 spiro atoms. The topological polar surface area (TPSA) is 140 Å². The number of aromatic carboxylic acids is 1. The Balaban J connectivity index is 1.59. The van der Waals surface area contributed by atoms with Crippen LogP contribution in [0.25, 0.3) is 5.69 Å². The highest BCUT2D eigenvalue weighted by atomic mass is 32.2. The van der Waals surface area contributed by atoms with Crippen LogP contribution in [0, 0.1) is 25.5 Å². The number of carboxylic acid groups (broad SMARTS) is 1. The molecule has 11 nitrogen and oxygen atoms in total. The second kappa shape index (κ2) is 11.9. The molecule has 2 heterocycles. The number of halogens is 2. The average molecular weight is 613 g/mol. The van der Waals surface area contributed by atoms with E-state index in [4.69, 9.17) is 9.47 Å². The van der Waals surface area contributed by atoms with Gasteiger partial charge in [-0.05, 0) is 80.1 Å². The molecule has 1 fully saturated rings. The molecule has 43 heavy (non-hydrogen) atoms. The average Bonchev–Trinajstić information content (AvgIpc) is 3.31. The van der Waals surface area contributed by atoms with Gasteiger partial charge in [-0.1, -0.05) is 0 Å². The van der Waals surface area contributed by atoms with E-state index < -0.39 is 33.5 Å². The summed E-state index contributed by atoms with van der Waals surface area (Å²) in [7, 11) is -4.22. The Morgan fingerprint density at radius 2 is 1.70 bits per heavy atom. The summed E-state index contributed by atoms with van der Waals surface area (Å²) in [6.07, 6.45) is 0. The maximum atomic E-state index is 13.9. The number of carbonyl (C=O) groups excluding carboxylic acids is 1. The number of aromatic nitrogens is 2. The molecule has 5 rings (SSSR count). The van der Waals surface area contributed by atoms with Crippen LogP contribution in [-0.2, 0) is 14.8 Å². The van der Waals surface area contributed by atoms with Crippen LogP contribution in [-0.4, -0.2) is 65.8 Å². The predicted octanol–water partition coefficient (Wildman–Crippen LogP) is 4.53. The van der Waals surface area contributed by atoms with Gasteiger partial charge in [-0.25, -0.2) is 22.0 Å². The lowest BCUT2D eigenvalue weighted by Crippen LogP contribution is -2.40. The monoisotopic (exact) mass is 612 g/mol. The van der Waals surface area contributed by atoms with Crippen LogP contribution in [0.2, 0.25) is 0 Å². The fourth-order valence-electron chi connectivity index (χ4n) is 4.45. The quantitative estimate of drug-likeness (QED) is 0.296. The molecule has 1 aromatic heterocycles. The molecule has 3 aromatic carbocycles. The van der Waals surface area contributed by atoms with Crippen molar-refractivity contribution in [3.05, 3.63) is 94.7 Å². The summed E-state index contributed by atoms with van der Waals surface area (Å²) in [4.78, 5) is 24.5. The van der Waals surface area contributed by atoms with Crippen LogP contribution in [0.1, 0.15) is 32.0 Å². The molecular weight excluding hydrogens is 586 g/mol. The van der Waals surface area contributed by atoms with Crippen molar-refractivity contribution in [2.75, 3.05) is 31.6 Å². The van der Waals surface area contributed by atoms with E-state index in [0.717, 1.165) is 22.9 Å². The third kappa shape index (κ3) is 6.11. The first kappa shape index (κ1) is 29.8. The van der Waals surface area contributed by atoms with Crippen molar-refractivity contribution >= 4 is 27.6 Å². The van der Waals surface area contributed by atoms with E-state index in [-0.39, 0.29) is 76.6 Å². The molecule has 0 bridgehead atoms. The van der Waals surface area contributed by atoms with E-state index in [0.29, 0.717) is 0 Å². The number of hydrogen-bond acceptors (Lipinski definition) is 7. The van der Waals surface area contributed by atoms with Gasteiger partial charge < -0.3 is 19.9 Å². The Labute approximate surface area is 245 Å². The van der Waals surface area contributed by atoms with Gasteiger partial charge in [0.05, 0.1) is 18.9 Å². The van der Waals surface area contributed by atoms with Gasteiger partial charge in [0, 0.05) is 29.9 Å². The highest BCUT2D eigenvalue weighted by Gasteiger charge is 2.32. The van der Waals surface area contributed by atoms with Gasteiger partial charge in [0.2, 0.25) is 15.9 Å². The Morgan fingerprint density at radius 1 is 1.00 bits per heavy atom. The van der Waals surface area contributed by atoms with E-state index in [9.17, 15) is 31.9 Å². The van der Waals surface area contributed by atoms with Crippen molar-refractivity contribution in [3.63, 3.8) is 0 Å². The largest absolute Gasteiger partial charge is 0.476 e. The number of carboxylic acids is 1. The summed E-state index contributed by atoms with van der Waals surface area (Å²) >= 11 is 0. The molecule has 1 saturated heterocycles. The first-order valence-electron chi connectivity index (χ1n) is 13.0. The van der Waals surface area contributed by atoms with Crippen molar-refractivity contribution in [1.82, 2.24) is 14.1 Å². The van der Waals surface area contributed by atoms with Crippen molar-refractivity contribution < 1.29 is 41.4 Å². The Hall–Kier alpha value is -4.66. The van der Waals surface area contributed by atoms with Gasteiger partial charge in [-0.15, -0.1) is 0 Å². The van der Waals surface area contributed by atoms with E-state index >= 15 is 0 Å². The summed E-state index contributed by atoms with van der Waals surface area (Å²) in [5.41, 5.74) is 0.549. The number of anilines is 1. The van der Waals surface area contributed by atoms with E-state index in [1.807, 2.05) is 0 Å². The third-order valence-corrected chi connectivity index (χ3v) is 8.68. The molecule has 14 heteroatoms. The van der Waals surface area contributed by atoms with Crippen LogP contribution < -0.4 is 10.1 Å². The summed E-state index contributed by atoms with van der Waals surface area (Å²) < 4.78 is 68.8. The smallest absolute Gasteiger partial charge is 0.356 e.